The molecule has 32 heavy (non-hydrogen) atoms. The van der Waals surface area contributed by atoms with Gasteiger partial charge in [-0.25, -0.2) is 4.98 Å². The largest absolute Gasteiger partial charge is 0.339 e. The number of rotatable bonds is 7. The van der Waals surface area contributed by atoms with Crippen LogP contribution in [0.3, 0.4) is 0 Å². The molecule has 1 fully saturated rings. The number of fused-ring (bicyclic) bond motifs is 1. The van der Waals surface area contributed by atoms with Gasteiger partial charge in [-0.3, -0.25) is 14.5 Å². The quantitative estimate of drug-likeness (QED) is 0.559. The van der Waals surface area contributed by atoms with E-state index in [1.807, 2.05) is 65.0 Å². The van der Waals surface area contributed by atoms with E-state index in [2.05, 4.69) is 22.1 Å². The predicted octanol–water partition coefficient (Wildman–Crippen LogP) is 3.01. The second-order valence-electron chi connectivity index (χ2n) is 7.95. The first-order valence-electron chi connectivity index (χ1n) is 11.0. The first-order chi connectivity index (χ1) is 15.5. The van der Waals surface area contributed by atoms with Gasteiger partial charge in [-0.2, -0.15) is 0 Å². The SMILES string of the molecule is CCc1ccccc1NC(=O)CN1CCN(C(=O)CSc2nc3ccccc3n2C)CC1. The molecule has 0 radical (unpaired) electrons. The number of anilines is 1. The fourth-order valence-corrected chi connectivity index (χ4v) is 4.86. The fraction of sp³-hybridized carbons (Fsp3) is 0.375. The zero-order chi connectivity index (χ0) is 22.5. The van der Waals surface area contributed by atoms with Crippen molar-refractivity contribution in [3.8, 4) is 0 Å². The second kappa shape index (κ2) is 10.2. The van der Waals surface area contributed by atoms with Crippen molar-refractivity contribution >= 4 is 40.3 Å². The van der Waals surface area contributed by atoms with Crippen LogP contribution < -0.4 is 5.32 Å². The van der Waals surface area contributed by atoms with E-state index < -0.39 is 0 Å². The molecule has 1 aliphatic heterocycles. The summed E-state index contributed by atoms with van der Waals surface area (Å²) in [7, 11) is 1.98. The van der Waals surface area contributed by atoms with Crippen molar-refractivity contribution in [2.45, 2.75) is 18.5 Å². The number of aryl methyl sites for hydroxylation is 2. The van der Waals surface area contributed by atoms with Crippen molar-refractivity contribution in [1.82, 2.24) is 19.4 Å². The van der Waals surface area contributed by atoms with Crippen molar-refractivity contribution in [1.29, 1.82) is 0 Å². The molecule has 1 aromatic heterocycles. The van der Waals surface area contributed by atoms with Crippen LogP contribution in [0.2, 0.25) is 0 Å². The van der Waals surface area contributed by atoms with Crippen LogP contribution in [0, 0.1) is 0 Å². The molecule has 8 heteroatoms. The van der Waals surface area contributed by atoms with E-state index in [9.17, 15) is 9.59 Å². The predicted molar refractivity (Wildman–Crippen MR) is 129 cm³/mol. The van der Waals surface area contributed by atoms with Gasteiger partial charge in [-0.1, -0.05) is 49.0 Å². The van der Waals surface area contributed by atoms with Gasteiger partial charge >= 0.3 is 0 Å². The number of nitrogens with one attached hydrogen (secondary N) is 1. The number of thioether (sulfide) groups is 1. The summed E-state index contributed by atoms with van der Waals surface area (Å²) in [4.78, 5) is 33.8. The van der Waals surface area contributed by atoms with Gasteiger partial charge in [0.05, 0.1) is 23.3 Å². The highest BCUT2D eigenvalue weighted by atomic mass is 32.2. The number of piperazine rings is 1. The topological polar surface area (TPSA) is 70.5 Å². The normalized spacial score (nSPS) is 14.6. The van der Waals surface area contributed by atoms with E-state index in [1.165, 1.54) is 11.8 Å². The maximum absolute atomic E-state index is 12.7. The molecule has 0 aliphatic carbocycles. The zero-order valence-electron chi connectivity index (χ0n) is 18.6. The van der Waals surface area contributed by atoms with Gasteiger partial charge in [0.2, 0.25) is 11.8 Å². The molecule has 2 heterocycles. The highest BCUT2D eigenvalue weighted by molar-refractivity contribution is 7.99. The molecule has 2 amide bonds. The molecule has 0 atom stereocenters. The van der Waals surface area contributed by atoms with Gasteiger partial charge in [0.1, 0.15) is 0 Å². The monoisotopic (exact) mass is 451 g/mol. The molecule has 0 spiro atoms. The number of hydrogen-bond donors (Lipinski definition) is 1. The van der Waals surface area contributed by atoms with Crippen LogP contribution in [0.1, 0.15) is 12.5 Å². The average Bonchev–Trinajstić information content (AvgIpc) is 3.14. The molecule has 3 aromatic rings. The van der Waals surface area contributed by atoms with Crippen molar-refractivity contribution in [3.63, 3.8) is 0 Å². The van der Waals surface area contributed by atoms with Gasteiger partial charge in [0.15, 0.2) is 5.16 Å². The van der Waals surface area contributed by atoms with Gasteiger partial charge in [-0.05, 0) is 30.2 Å². The van der Waals surface area contributed by atoms with Crippen LogP contribution in [0.5, 0.6) is 0 Å². The van der Waals surface area contributed by atoms with E-state index in [0.29, 0.717) is 38.5 Å². The molecular weight excluding hydrogens is 422 g/mol. The number of hydrogen-bond acceptors (Lipinski definition) is 5. The molecular formula is C24H29N5O2S. The van der Waals surface area contributed by atoms with Crippen molar-refractivity contribution in [2.24, 2.45) is 7.05 Å². The summed E-state index contributed by atoms with van der Waals surface area (Å²) in [5.41, 5.74) is 4.02. The number of benzene rings is 2. The average molecular weight is 452 g/mol. The van der Waals surface area contributed by atoms with E-state index in [4.69, 9.17) is 0 Å². The lowest BCUT2D eigenvalue weighted by Crippen LogP contribution is -2.50. The molecule has 0 unspecified atom stereocenters. The third-order valence-corrected chi connectivity index (χ3v) is 6.85. The molecule has 1 aliphatic rings. The van der Waals surface area contributed by atoms with Crippen molar-refractivity contribution in [3.05, 3.63) is 54.1 Å². The van der Waals surface area contributed by atoms with Crippen molar-refractivity contribution in [2.75, 3.05) is 43.8 Å². The zero-order valence-corrected chi connectivity index (χ0v) is 19.4. The summed E-state index contributed by atoms with van der Waals surface area (Å²) in [6.07, 6.45) is 0.879. The Bertz CT molecular complexity index is 1100. The number of para-hydroxylation sites is 3. The summed E-state index contributed by atoms with van der Waals surface area (Å²) in [6, 6.07) is 15.9. The lowest BCUT2D eigenvalue weighted by molar-refractivity contribution is -0.130. The Hall–Kier alpha value is -2.84. The molecule has 2 aromatic carbocycles. The number of aromatic nitrogens is 2. The Kier molecular flexibility index (Phi) is 7.12. The molecule has 1 N–H and O–H groups in total. The number of imidazole rings is 1. The molecule has 4 rings (SSSR count). The fourth-order valence-electron chi connectivity index (χ4n) is 3.97. The summed E-state index contributed by atoms with van der Waals surface area (Å²) >= 11 is 1.47. The number of nitrogens with zero attached hydrogens (tertiary/aromatic N) is 4. The Morgan fingerprint density at radius 3 is 2.50 bits per heavy atom. The third-order valence-electron chi connectivity index (χ3n) is 5.84. The lowest BCUT2D eigenvalue weighted by atomic mass is 10.1. The van der Waals surface area contributed by atoms with E-state index in [1.54, 1.807) is 0 Å². The standard InChI is InChI=1S/C24H29N5O2S/c1-3-18-8-4-5-9-19(18)25-22(30)16-28-12-14-29(15-13-28)23(31)17-32-24-26-20-10-6-7-11-21(20)27(24)2/h4-11H,3,12-17H2,1-2H3,(H,25,30). The van der Waals surface area contributed by atoms with E-state index in [0.717, 1.165) is 33.9 Å². The van der Waals surface area contributed by atoms with Crippen LogP contribution in [0.25, 0.3) is 11.0 Å². The minimum atomic E-state index is -0.0110. The van der Waals surface area contributed by atoms with Crippen LogP contribution in [-0.4, -0.2) is 69.6 Å². The molecule has 7 nitrogen and oxygen atoms in total. The Morgan fingerprint density at radius 1 is 1.03 bits per heavy atom. The highest BCUT2D eigenvalue weighted by Gasteiger charge is 2.23. The minimum absolute atomic E-state index is 0.0110. The maximum Gasteiger partial charge on any atom is 0.238 e. The first-order valence-corrected chi connectivity index (χ1v) is 12.0. The smallest absolute Gasteiger partial charge is 0.238 e. The summed E-state index contributed by atoms with van der Waals surface area (Å²) < 4.78 is 2.03. The third kappa shape index (κ3) is 5.14. The number of carbonyl (C=O) groups excluding carboxylic acids is 2. The minimum Gasteiger partial charge on any atom is -0.339 e. The van der Waals surface area contributed by atoms with Crippen molar-refractivity contribution < 1.29 is 9.59 Å². The van der Waals surface area contributed by atoms with Crippen LogP contribution in [0.15, 0.2) is 53.7 Å². The van der Waals surface area contributed by atoms with Crippen LogP contribution in [-0.2, 0) is 23.1 Å². The van der Waals surface area contributed by atoms with E-state index in [-0.39, 0.29) is 11.8 Å². The lowest BCUT2D eigenvalue weighted by Gasteiger charge is -2.34. The Balaban J connectivity index is 1.23. The Labute approximate surface area is 192 Å². The highest BCUT2D eigenvalue weighted by Crippen LogP contribution is 2.23. The Morgan fingerprint density at radius 2 is 1.75 bits per heavy atom. The summed E-state index contributed by atoms with van der Waals surface area (Å²) in [6.45, 7) is 5.10. The first kappa shape index (κ1) is 22.4. The molecule has 0 bridgehead atoms. The summed E-state index contributed by atoms with van der Waals surface area (Å²) in [5, 5.41) is 3.87. The molecule has 168 valence electrons. The van der Waals surface area contributed by atoms with Gasteiger partial charge in [-0.15, -0.1) is 0 Å². The second-order valence-corrected chi connectivity index (χ2v) is 8.89. The van der Waals surface area contributed by atoms with Crippen LogP contribution in [0.4, 0.5) is 5.69 Å². The van der Waals surface area contributed by atoms with Gasteiger partial charge < -0.3 is 14.8 Å². The number of carbonyl (C=O) groups is 2. The summed E-state index contributed by atoms with van der Waals surface area (Å²) in [5.74, 6) is 0.469. The van der Waals surface area contributed by atoms with Crippen LogP contribution >= 0.6 is 11.8 Å². The van der Waals surface area contributed by atoms with Gasteiger partial charge in [0.25, 0.3) is 0 Å². The number of amides is 2. The van der Waals surface area contributed by atoms with Gasteiger partial charge in [0, 0.05) is 38.9 Å². The maximum atomic E-state index is 12.7. The van der Waals surface area contributed by atoms with E-state index >= 15 is 0 Å². The molecule has 0 saturated carbocycles. The molecule has 1 saturated heterocycles.